The monoisotopic (exact) mass is 209 g/mol. The van der Waals surface area contributed by atoms with E-state index in [-0.39, 0.29) is 6.54 Å². The number of rotatable bonds is 4. The summed E-state index contributed by atoms with van der Waals surface area (Å²) in [5.41, 5.74) is 0. The minimum Gasteiger partial charge on any atom is -0.316 e. The fourth-order valence-corrected chi connectivity index (χ4v) is 2.04. The van der Waals surface area contributed by atoms with Crippen molar-refractivity contribution < 1.29 is 13.2 Å². The van der Waals surface area contributed by atoms with E-state index in [1.54, 1.807) is 0 Å². The lowest BCUT2D eigenvalue weighted by atomic mass is 9.98. The van der Waals surface area contributed by atoms with Crippen LogP contribution in [-0.4, -0.2) is 19.3 Å². The zero-order chi connectivity index (χ0) is 10.6. The van der Waals surface area contributed by atoms with Crippen LogP contribution in [0.4, 0.5) is 13.2 Å². The summed E-state index contributed by atoms with van der Waals surface area (Å²) in [5, 5.41) is 2.89. The topological polar surface area (TPSA) is 12.0 Å². The quantitative estimate of drug-likeness (QED) is 0.702. The predicted molar refractivity (Wildman–Crippen MR) is 50.0 cm³/mol. The van der Waals surface area contributed by atoms with Gasteiger partial charge in [-0.2, -0.15) is 13.2 Å². The summed E-state index contributed by atoms with van der Waals surface area (Å²) in [6.45, 7) is 2.99. The van der Waals surface area contributed by atoms with Crippen molar-refractivity contribution in [2.45, 2.75) is 38.8 Å². The number of hydrogen-bond donors (Lipinski definition) is 1. The third-order valence-corrected chi connectivity index (χ3v) is 3.03. The Morgan fingerprint density at radius 3 is 2.50 bits per heavy atom. The summed E-state index contributed by atoms with van der Waals surface area (Å²) >= 11 is 0. The first kappa shape index (κ1) is 11.8. The first-order valence-corrected chi connectivity index (χ1v) is 5.26. The van der Waals surface area contributed by atoms with Crippen LogP contribution in [0.1, 0.15) is 32.6 Å². The Morgan fingerprint density at radius 2 is 2.00 bits per heavy atom. The molecule has 0 aromatic heterocycles. The summed E-state index contributed by atoms with van der Waals surface area (Å²) in [4.78, 5) is 0. The first-order valence-electron chi connectivity index (χ1n) is 5.26. The minimum atomic E-state index is -4.02. The molecule has 0 aromatic rings. The van der Waals surface area contributed by atoms with E-state index < -0.39 is 12.6 Å². The summed E-state index contributed by atoms with van der Waals surface area (Å²) in [6, 6.07) is 0. The van der Waals surface area contributed by atoms with E-state index in [1.165, 1.54) is 19.3 Å². The fraction of sp³-hybridized carbons (Fsp3) is 1.00. The van der Waals surface area contributed by atoms with E-state index >= 15 is 0 Å². The average Bonchev–Trinajstić information content (AvgIpc) is 2.44. The van der Waals surface area contributed by atoms with Gasteiger partial charge in [0, 0.05) is 6.54 Å². The highest BCUT2D eigenvalue weighted by molar-refractivity contribution is 4.75. The maximum absolute atomic E-state index is 11.8. The highest BCUT2D eigenvalue weighted by Gasteiger charge is 2.27. The first-order chi connectivity index (χ1) is 6.49. The van der Waals surface area contributed by atoms with Crippen molar-refractivity contribution in [3.05, 3.63) is 0 Å². The van der Waals surface area contributed by atoms with E-state index in [0.29, 0.717) is 11.8 Å². The molecule has 0 radical (unpaired) electrons. The van der Waals surface area contributed by atoms with Gasteiger partial charge in [0.2, 0.25) is 0 Å². The molecule has 84 valence electrons. The van der Waals surface area contributed by atoms with E-state index in [9.17, 15) is 13.2 Å². The normalized spacial score (nSPS) is 28.3. The van der Waals surface area contributed by atoms with Crippen LogP contribution in [0.15, 0.2) is 0 Å². The van der Waals surface area contributed by atoms with Crippen LogP contribution in [0.3, 0.4) is 0 Å². The molecule has 2 unspecified atom stereocenters. The Balaban J connectivity index is 2.04. The molecule has 2 atom stereocenters. The van der Waals surface area contributed by atoms with Crippen molar-refractivity contribution in [2.24, 2.45) is 11.8 Å². The number of alkyl halides is 3. The molecule has 1 nitrogen and oxygen atoms in total. The standard InChI is InChI=1S/C10H18F3N/c1-8-3-2-4-9(8)7-14-6-5-10(11,12)13/h8-9,14H,2-7H2,1H3. The van der Waals surface area contributed by atoms with Crippen molar-refractivity contribution in [3.8, 4) is 0 Å². The van der Waals surface area contributed by atoms with Gasteiger partial charge in [0.1, 0.15) is 0 Å². The predicted octanol–water partition coefficient (Wildman–Crippen LogP) is 2.96. The third-order valence-electron chi connectivity index (χ3n) is 3.03. The molecule has 1 aliphatic rings. The van der Waals surface area contributed by atoms with Gasteiger partial charge in [-0.05, 0) is 24.8 Å². The van der Waals surface area contributed by atoms with E-state index in [4.69, 9.17) is 0 Å². The molecule has 1 aliphatic carbocycles. The second-order valence-electron chi connectivity index (χ2n) is 4.24. The van der Waals surface area contributed by atoms with Crippen LogP contribution in [0.25, 0.3) is 0 Å². The molecular weight excluding hydrogens is 191 g/mol. The number of halogens is 3. The summed E-state index contributed by atoms with van der Waals surface area (Å²) in [5.74, 6) is 1.26. The summed E-state index contributed by atoms with van der Waals surface area (Å²) < 4.78 is 35.4. The van der Waals surface area contributed by atoms with Crippen LogP contribution in [0.5, 0.6) is 0 Å². The van der Waals surface area contributed by atoms with Gasteiger partial charge >= 0.3 is 6.18 Å². The largest absolute Gasteiger partial charge is 0.390 e. The molecule has 0 amide bonds. The van der Waals surface area contributed by atoms with Crippen molar-refractivity contribution in [1.29, 1.82) is 0 Å². The third kappa shape index (κ3) is 4.31. The van der Waals surface area contributed by atoms with Gasteiger partial charge in [-0.1, -0.05) is 19.8 Å². The molecule has 0 heterocycles. The van der Waals surface area contributed by atoms with Gasteiger partial charge in [-0.25, -0.2) is 0 Å². The van der Waals surface area contributed by atoms with Crippen LogP contribution in [-0.2, 0) is 0 Å². The summed E-state index contributed by atoms with van der Waals surface area (Å²) in [7, 11) is 0. The smallest absolute Gasteiger partial charge is 0.316 e. The Kier molecular flexibility index (Phi) is 4.23. The molecule has 1 rings (SSSR count). The molecule has 0 aromatic carbocycles. The number of hydrogen-bond acceptors (Lipinski definition) is 1. The second kappa shape index (κ2) is 5.01. The van der Waals surface area contributed by atoms with Crippen molar-refractivity contribution in [3.63, 3.8) is 0 Å². The molecule has 1 N–H and O–H groups in total. The lowest BCUT2D eigenvalue weighted by Crippen LogP contribution is -2.28. The second-order valence-corrected chi connectivity index (χ2v) is 4.24. The van der Waals surface area contributed by atoms with Crippen molar-refractivity contribution >= 4 is 0 Å². The van der Waals surface area contributed by atoms with E-state index in [1.807, 2.05) is 0 Å². The molecule has 14 heavy (non-hydrogen) atoms. The SMILES string of the molecule is CC1CCCC1CNCCC(F)(F)F. The lowest BCUT2D eigenvalue weighted by Gasteiger charge is -2.16. The van der Waals surface area contributed by atoms with Crippen molar-refractivity contribution in [1.82, 2.24) is 5.32 Å². The Labute approximate surface area is 83.1 Å². The van der Waals surface area contributed by atoms with Gasteiger partial charge in [0.25, 0.3) is 0 Å². The minimum absolute atomic E-state index is 0.0622. The maximum Gasteiger partial charge on any atom is 0.390 e. The van der Waals surface area contributed by atoms with Gasteiger partial charge in [0.15, 0.2) is 0 Å². The molecule has 0 spiro atoms. The average molecular weight is 209 g/mol. The highest BCUT2D eigenvalue weighted by Crippen LogP contribution is 2.30. The fourth-order valence-electron chi connectivity index (χ4n) is 2.04. The van der Waals surface area contributed by atoms with Gasteiger partial charge in [0.05, 0.1) is 6.42 Å². The molecule has 4 heteroatoms. The Bertz CT molecular complexity index is 167. The molecule has 0 aliphatic heterocycles. The number of nitrogens with one attached hydrogen (secondary N) is 1. The van der Waals surface area contributed by atoms with E-state index in [0.717, 1.165) is 6.54 Å². The highest BCUT2D eigenvalue weighted by atomic mass is 19.4. The zero-order valence-electron chi connectivity index (χ0n) is 8.53. The van der Waals surface area contributed by atoms with Crippen LogP contribution in [0, 0.1) is 11.8 Å². The van der Waals surface area contributed by atoms with Crippen molar-refractivity contribution in [2.75, 3.05) is 13.1 Å². The van der Waals surface area contributed by atoms with Gasteiger partial charge in [-0.3, -0.25) is 0 Å². The molecule has 1 saturated carbocycles. The maximum atomic E-state index is 11.8. The lowest BCUT2D eigenvalue weighted by molar-refractivity contribution is -0.133. The van der Waals surface area contributed by atoms with Gasteiger partial charge in [-0.15, -0.1) is 0 Å². The zero-order valence-corrected chi connectivity index (χ0v) is 8.53. The van der Waals surface area contributed by atoms with Crippen LogP contribution >= 0.6 is 0 Å². The molecule has 0 saturated heterocycles. The van der Waals surface area contributed by atoms with Crippen LogP contribution in [0.2, 0.25) is 0 Å². The van der Waals surface area contributed by atoms with Gasteiger partial charge < -0.3 is 5.32 Å². The van der Waals surface area contributed by atoms with Crippen LogP contribution < -0.4 is 5.32 Å². The molecular formula is C10H18F3N. The molecule has 0 bridgehead atoms. The summed E-state index contributed by atoms with van der Waals surface area (Å²) in [6.07, 6.45) is -1.11. The Morgan fingerprint density at radius 1 is 1.29 bits per heavy atom. The Hall–Kier alpha value is -0.250. The van der Waals surface area contributed by atoms with E-state index in [2.05, 4.69) is 12.2 Å². The molecule has 1 fully saturated rings.